The second kappa shape index (κ2) is 6.87. The summed E-state index contributed by atoms with van der Waals surface area (Å²) in [4.78, 5) is 40.2. The van der Waals surface area contributed by atoms with Crippen LogP contribution in [0.5, 0.6) is 0 Å². The molecule has 0 atom stereocenters. The fourth-order valence-corrected chi connectivity index (χ4v) is 2.87. The Balaban J connectivity index is 1.80. The van der Waals surface area contributed by atoms with Crippen LogP contribution in [0.4, 0.5) is 4.39 Å². The fourth-order valence-electron chi connectivity index (χ4n) is 2.54. The molecular weight excluding hydrogens is 411 g/mol. The molecule has 0 aliphatic rings. The lowest BCUT2D eigenvalue weighted by molar-refractivity contribution is 0.0487. The van der Waals surface area contributed by atoms with Gasteiger partial charge in [0.2, 0.25) is 0 Å². The zero-order valence-corrected chi connectivity index (χ0v) is 15.5. The minimum absolute atomic E-state index is 0.0915. The molecule has 2 aromatic heterocycles. The largest absolute Gasteiger partial charge is 0.460 e. The molecule has 0 spiro atoms. The third-order valence-electron chi connectivity index (χ3n) is 3.93. The van der Waals surface area contributed by atoms with Crippen molar-refractivity contribution in [3.05, 3.63) is 61.2 Å². The highest BCUT2D eigenvalue weighted by atomic mass is 79.9. The van der Waals surface area contributed by atoms with E-state index in [0.717, 1.165) is 4.57 Å². The smallest absolute Gasteiger partial charge is 0.341 e. The lowest BCUT2D eigenvalue weighted by Crippen LogP contribution is -2.37. The topological polar surface area (TPSA) is 88.1 Å². The van der Waals surface area contributed by atoms with E-state index in [0.29, 0.717) is 4.47 Å². The van der Waals surface area contributed by atoms with Gasteiger partial charge in [-0.2, -0.15) is 0 Å². The van der Waals surface area contributed by atoms with Crippen molar-refractivity contribution in [2.75, 3.05) is 6.61 Å². The van der Waals surface area contributed by atoms with Gasteiger partial charge < -0.3 is 9.30 Å². The quantitative estimate of drug-likeness (QED) is 0.587. The first-order valence-electron chi connectivity index (χ1n) is 7.54. The zero-order chi connectivity index (χ0) is 19.0. The summed E-state index contributed by atoms with van der Waals surface area (Å²) >= 11 is 3.11. The van der Waals surface area contributed by atoms with Crippen LogP contribution in [-0.4, -0.2) is 31.3 Å². The van der Waals surface area contributed by atoms with Crippen molar-refractivity contribution in [1.82, 2.24) is 18.7 Å². The van der Waals surface area contributed by atoms with Gasteiger partial charge in [-0.1, -0.05) is 15.9 Å². The molecule has 2 heterocycles. The summed E-state index contributed by atoms with van der Waals surface area (Å²) in [6.45, 7) is 0.0413. The number of carbonyl (C=O) groups excluding carboxylic acids is 1. The molecule has 1 aromatic carbocycles. The second-order valence-corrected chi connectivity index (χ2v) is 6.49. The molecule has 10 heteroatoms. The summed E-state index contributed by atoms with van der Waals surface area (Å²) in [6.07, 6.45) is 1.39. The number of aryl methyl sites for hydroxylation is 1. The van der Waals surface area contributed by atoms with Crippen LogP contribution in [-0.2, 0) is 25.4 Å². The Kier molecular flexibility index (Phi) is 4.77. The Morgan fingerprint density at radius 1 is 1.27 bits per heavy atom. The number of hydrogen-bond donors (Lipinski definition) is 0. The van der Waals surface area contributed by atoms with Gasteiger partial charge in [0, 0.05) is 18.6 Å². The van der Waals surface area contributed by atoms with Gasteiger partial charge >= 0.3 is 11.7 Å². The predicted octanol–water partition coefficient (Wildman–Crippen LogP) is 1.19. The number of hydrogen-bond acceptors (Lipinski definition) is 5. The maximum Gasteiger partial charge on any atom is 0.341 e. The van der Waals surface area contributed by atoms with Crippen molar-refractivity contribution in [3.8, 4) is 0 Å². The number of esters is 1. The first-order chi connectivity index (χ1) is 12.3. The highest BCUT2D eigenvalue weighted by Crippen LogP contribution is 2.16. The summed E-state index contributed by atoms with van der Waals surface area (Å²) in [5.74, 6) is -1.50. The molecule has 0 fully saturated rings. The Morgan fingerprint density at radius 2 is 2.00 bits per heavy atom. The fraction of sp³-hybridized carbons (Fsp3) is 0.250. The molecule has 0 aliphatic heterocycles. The van der Waals surface area contributed by atoms with Crippen LogP contribution in [0.2, 0.25) is 0 Å². The number of imidazole rings is 1. The number of aromatic nitrogens is 4. The van der Waals surface area contributed by atoms with E-state index in [1.165, 1.54) is 47.8 Å². The Labute approximate surface area is 154 Å². The van der Waals surface area contributed by atoms with E-state index in [-0.39, 0.29) is 29.9 Å². The van der Waals surface area contributed by atoms with Gasteiger partial charge in [-0.15, -0.1) is 0 Å². The Morgan fingerprint density at radius 3 is 2.69 bits per heavy atom. The Hall–Kier alpha value is -2.75. The van der Waals surface area contributed by atoms with E-state index < -0.39 is 23.0 Å². The normalized spacial score (nSPS) is 11.1. The van der Waals surface area contributed by atoms with Crippen molar-refractivity contribution >= 4 is 33.1 Å². The third kappa shape index (κ3) is 3.07. The molecule has 3 aromatic rings. The molecule has 136 valence electrons. The minimum Gasteiger partial charge on any atom is -0.460 e. The predicted molar refractivity (Wildman–Crippen MR) is 94.6 cm³/mol. The highest BCUT2D eigenvalue weighted by Gasteiger charge is 2.16. The van der Waals surface area contributed by atoms with Crippen LogP contribution in [0.3, 0.4) is 0 Å². The maximum absolute atomic E-state index is 13.8. The third-order valence-corrected chi connectivity index (χ3v) is 4.43. The molecule has 0 unspecified atom stereocenters. The molecule has 0 bridgehead atoms. The number of ether oxygens (including phenoxy) is 1. The van der Waals surface area contributed by atoms with E-state index in [4.69, 9.17) is 4.74 Å². The molecule has 0 aliphatic carbocycles. The summed E-state index contributed by atoms with van der Waals surface area (Å²) in [7, 11) is 2.88. The van der Waals surface area contributed by atoms with Crippen LogP contribution >= 0.6 is 15.9 Å². The molecule has 0 saturated heterocycles. The van der Waals surface area contributed by atoms with Crippen molar-refractivity contribution < 1.29 is 13.9 Å². The standard InChI is InChI=1S/C16H14BrFN4O4/c1-20-13-12(14(23)21(2)16(20)25)22(8-19-13)5-6-26-15(24)10-4-3-9(17)7-11(10)18/h3-4,7-8H,5-6H2,1-2H3. The van der Waals surface area contributed by atoms with Crippen LogP contribution in [0.1, 0.15) is 10.4 Å². The number of fused-ring (bicyclic) bond motifs is 1. The van der Waals surface area contributed by atoms with Crippen molar-refractivity contribution in [1.29, 1.82) is 0 Å². The molecule has 0 saturated carbocycles. The van der Waals surface area contributed by atoms with E-state index >= 15 is 0 Å². The van der Waals surface area contributed by atoms with Gasteiger partial charge in [-0.05, 0) is 18.2 Å². The minimum atomic E-state index is -0.806. The highest BCUT2D eigenvalue weighted by molar-refractivity contribution is 9.10. The summed E-state index contributed by atoms with van der Waals surface area (Å²) in [6, 6.07) is 4.03. The first-order valence-corrected chi connectivity index (χ1v) is 8.33. The van der Waals surface area contributed by atoms with Gasteiger partial charge in [-0.3, -0.25) is 13.9 Å². The number of nitrogens with zero attached hydrogens (tertiary/aromatic N) is 4. The Bertz CT molecular complexity index is 1130. The van der Waals surface area contributed by atoms with Crippen molar-refractivity contribution in [2.45, 2.75) is 6.54 Å². The van der Waals surface area contributed by atoms with E-state index in [2.05, 4.69) is 20.9 Å². The van der Waals surface area contributed by atoms with Crippen LogP contribution < -0.4 is 11.2 Å². The molecular formula is C16H14BrFN4O4. The molecule has 0 N–H and O–H groups in total. The maximum atomic E-state index is 13.8. The number of benzene rings is 1. The number of rotatable bonds is 4. The van der Waals surface area contributed by atoms with E-state index in [9.17, 15) is 18.8 Å². The summed E-state index contributed by atoms with van der Waals surface area (Å²) in [5, 5.41) is 0. The van der Waals surface area contributed by atoms with Crippen LogP contribution in [0, 0.1) is 5.82 Å². The summed E-state index contributed by atoms with van der Waals surface area (Å²) in [5.41, 5.74) is -0.693. The molecule has 0 amide bonds. The van der Waals surface area contributed by atoms with Crippen LogP contribution in [0.15, 0.2) is 38.6 Å². The van der Waals surface area contributed by atoms with E-state index in [1.807, 2.05) is 0 Å². The summed E-state index contributed by atoms with van der Waals surface area (Å²) < 4.78 is 23.1. The molecule has 0 radical (unpaired) electrons. The number of halogens is 2. The SMILES string of the molecule is Cn1c(=O)c2c(ncn2CCOC(=O)c2ccc(Br)cc2F)n(C)c1=O. The molecule has 3 rings (SSSR count). The lowest BCUT2D eigenvalue weighted by atomic mass is 10.2. The second-order valence-electron chi connectivity index (χ2n) is 5.58. The van der Waals surface area contributed by atoms with E-state index in [1.54, 1.807) is 0 Å². The average molecular weight is 425 g/mol. The van der Waals surface area contributed by atoms with Gasteiger partial charge in [0.25, 0.3) is 5.56 Å². The molecule has 26 heavy (non-hydrogen) atoms. The van der Waals surface area contributed by atoms with Gasteiger partial charge in [0.05, 0.1) is 18.4 Å². The van der Waals surface area contributed by atoms with Gasteiger partial charge in [-0.25, -0.2) is 19.0 Å². The monoisotopic (exact) mass is 424 g/mol. The first kappa shape index (κ1) is 18.1. The average Bonchev–Trinajstić information content (AvgIpc) is 3.02. The number of carbonyl (C=O) groups is 1. The zero-order valence-electron chi connectivity index (χ0n) is 13.9. The van der Waals surface area contributed by atoms with Crippen LogP contribution in [0.25, 0.3) is 11.2 Å². The molecule has 8 nitrogen and oxygen atoms in total. The van der Waals surface area contributed by atoms with Gasteiger partial charge in [0.15, 0.2) is 11.2 Å². The van der Waals surface area contributed by atoms with Crippen molar-refractivity contribution in [2.24, 2.45) is 14.1 Å². The lowest BCUT2D eigenvalue weighted by Gasteiger charge is -2.08. The van der Waals surface area contributed by atoms with Gasteiger partial charge in [0.1, 0.15) is 12.4 Å². The van der Waals surface area contributed by atoms with Crippen molar-refractivity contribution in [3.63, 3.8) is 0 Å².